The van der Waals surface area contributed by atoms with Gasteiger partial charge in [-0.1, -0.05) is 6.07 Å². The number of fused-ring (bicyclic) bond motifs is 1. The average molecular weight is 337 g/mol. The molecule has 3 aromatic rings. The van der Waals surface area contributed by atoms with Crippen LogP contribution in [0.4, 0.5) is 0 Å². The SMILES string of the molecule is O=C(NCc1cccs1)c1cc2ncc(Br)cn2n1. The van der Waals surface area contributed by atoms with Gasteiger partial charge in [0.1, 0.15) is 0 Å². The molecule has 1 amide bonds. The zero-order chi connectivity index (χ0) is 13.2. The number of thiophene rings is 1. The van der Waals surface area contributed by atoms with Crippen LogP contribution in [0.1, 0.15) is 15.4 Å². The van der Waals surface area contributed by atoms with Crippen molar-refractivity contribution in [1.82, 2.24) is 19.9 Å². The van der Waals surface area contributed by atoms with E-state index in [0.29, 0.717) is 17.9 Å². The molecule has 0 atom stereocenters. The van der Waals surface area contributed by atoms with E-state index in [2.05, 4.69) is 31.3 Å². The van der Waals surface area contributed by atoms with E-state index < -0.39 is 0 Å². The van der Waals surface area contributed by atoms with Crippen LogP contribution < -0.4 is 5.32 Å². The maximum atomic E-state index is 12.0. The minimum atomic E-state index is -0.199. The van der Waals surface area contributed by atoms with Crippen LogP contribution in [0.3, 0.4) is 0 Å². The second-order valence-electron chi connectivity index (χ2n) is 3.87. The number of carbonyl (C=O) groups is 1. The van der Waals surface area contributed by atoms with Gasteiger partial charge >= 0.3 is 0 Å². The molecule has 3 rings (SSSR count). The molecule has 1 N–H and O–H groups in total. The second kappa shape index (κ2) is 5.10. The minimum absolute atomic E-state index is 0.199. The van der Waals surface area contributed by atoms with Gasteiger partial charge in [-0.2, -0.15) is 5.10 Å². The number of nitrogens with zero attached hydrogens (tertiary/aromatic N) is 3. The second-order valence-corrected chi connectivity index (χ2v) is 5.81. The van der Waals surface area contributed by atoms with Crippen molar-refractivity contribution in [3.8, 4) is 0 Å². The Morgan fingerprint density at radius 3 is 3.21 bits per heavy atom. The number of amides is 1. The number of halogens is 1. The van der Waals surface area contributed by atoms with Crippen LogP contribution in [0.25, 0.3) is 5.65 Å². The molecule has 0 aliphatic carbocycles. The van der Waals surface area contributed by atoms with Crippen LogP contribution in [0, 0.1) is 0 Å². The van der Waals surface area contributed by atoms with Gasteiger partial charge in [0.2, 0.25) is 0 Å². The lowest BCUT2D eigenvalue weighted by atomic mass is 10.4. The minimum Gasteiger partial charge on any atom is -0.346 e. The first-order valence-corrected chi connectivity index (χ1v) is 7.21. The Labute approximate surface area is 121 Å². The van der Waals surface area contributed by atoms with Crippen LogP contribution in [0.15, 0.2) is 40.4 Å². The Morgan fingerprint density at radius 1 is 1.53 bits per heavy atom. The molecule has 5 nitrogen and oxygen atoms in total. The number of aromatic nitrogens is 3. The molecule has 0 aliphatic heterocycles. The summed E-state index contributed by atoms with van der Waals surface area (Å²) in [5.41, 5.74) is 1.01. The molecule has 7 heteroatoms. The van der Waals surface area contributed by atoms with Crippen molar-refractivity contribution >= 4 is 38.8 Å². The molecule has 0 bridgehead atoms. The molecule has 0 unspecified atom stereocenters. The van der Waals surface area contributed by atoms with Crippen LogP contribution in [-0.2, 0) is 6.54 Å². The summed E-state index contributed by atoms with van der Waals surface area (Å²) in [7, 11) is 0. The fourth-order valence-electron chi connectivity index (χ4n) is 1.64. The third-order valence-electron chi connectivity index (χ3n) is 2.52. The first kappa shape index (κ1) is 12.3. The summed E-state index contributed by atoms with van der Waals surface area (Å²) >= 11 is 4.92. The van der Waals surface area contributed by atoms with Gasteiger partial charge in [0, 0.05) is 23.3 Å². The molecule has 96 valence electrons. The highest BCUT2D eigenvalue weighted by Gasteiger charge is 2.11. The predicted molar refractivity (Wildman–Crippen MR) is 76.2 cm³/mol. The first-order valence-electron chi connectivity index (χ1n) is 5.54. The van der Waals surface area contributed by atoms with Crippen molar-refractivity contribution < 1.29 is 4.79 Å². The van der Waals surface area contributed by atoms with Gasteiger partial charge in [0.25, 0.3) is 5.91 Å². The van der Waals surface area contributed by atoms with Gasteiger partial charge in [-0.3, -0.25) is 4.79 Å². The smallest absolute Gasteiger partial charge is 0.272 e. The quantitative estimate of drug-likeness (QED) is 0.799. The normalized spacial score (nSPS) is 10.8. The molecule has 0 aliphatic rings. The standard InChI is InChI=1S/C12H9BrN4OS/c13-8-5-14-11-4-10(16-17(11)7-8)12(18)15-6-9-2-1-3-19-9/h1-5,7H,6H2,(H,15,18). The molecule has 0 saturated heterocycles. The topological polar surface area (TPSA) is 59.3 Å². The highest BCUT2D eigenvalue weighted by atomic mass is 79.9. The van der Waals surface area contributed by atoms with Crippen molar-refractivity contribution in [3.63, 3.8) is 0 Å². The summed E-state index contributed by atoms with van der Waals surface area (Å²) in [6.07, 6.45) is 3.43. The van der Waals surface area contributed by atoms with Crippen LogP contribution in [-0.4, -0.2) is 20.5 Å². The Morgan fingerprint density at radius 2 is 2.42 bits per heavy atom. The maximum absolute atomic E-state index is 12.0. The Bertz CT molecular complexity index is 722. The van der Waals surface area contributed by atoms with E-state index in [1.807, 2.05) is 17.5 Å². The summed E-state index contributed by atoms with van der Waals surface area (Å²) in [5, 5.41) is 9.00. The van der Waals surface area contributed by atoms with Crippen molar-refractivity contribution in [2.75, 3.05) is 0 Å². The monoisotopic (exact) mass is 336 g/mol. The van der Waals surface area contributed by atoms with Crippen molar-refractivity contribution in [2.45, 2.75) is 6.54 Å². The molecule has 19 heavy (non-hydrogen) atoms. The van der Waals surface area contributed by atoms with E-state index in [1.54, 1.807) is 34.3 Å². The van der Waals surface area contributed by atoms with E-state index in [-0.39, 0.29) is 5.91 Å². The predicted octanol–water partition coefficient (Wildman–Crippen LogP) is 2.48. The number of hydrogen-bond donors (Lipinski definition) is 1. The third-order valence-corrected chi connectivity index (χ3v) is 3.80. The average Bonchev–Trinajstić information content (AvgIpc) is 3.04. The fourth-order valence-corrected chi connectivity index (χ4v) is 2.58. The largest absolute Gasteiger partial charge is 0.346 e. The van der Waals surface area contributed by atoms with Gasteiger partial charge in [0.05, 0.1) is 11.0 Å². The highest BCUT2D eigenvalue weighted by Crippen LogP contribution is 2.11. The number of nitrogens with one attached hydrogen (secondary N) is 1. The molecular weight excluding hydrogens is 328 g/mol. The van der Waals surface area contributed by atoms with Gasteiger partial charge in [-0.15, -0.1) is 11.3 Å². The van der Waals surface area contributed by atoms with Gasteiger partial charge in [-0.25, -0.2) is 9.50 Å². The van der Waals surface area contributed by atoms with E-state index >= 15 is 0 Å². The third kappa shape index (κ3) is 2.66. The molecule has 0 fully saturated rings. The van der Waals surface area contributed by atoms with Crippen molar-refractivity contribution in [2.24, 2.45) is 0 Å². The fraction of sp³-hybridized carbons (Fsp3) is 0.0833. The molecule has 3 aromatic heterocycles. The number of hydrogen-bond acceptors (Lipinski definition) is 4. The Hall–Kier alpha value is -1.73. The lowest BCUT2D eigenvalue weighted by Crippen LogP contribution is -2.22. The molecule has 3 heterocycles. The van der Waals surface area contributed by atoms with E-state index in [4.69, 9.17) is 0 Å². The maximum Gasteiger partial charge on any atom is 0.272 e. The number of rotatable bonds is 3. The van der Waals surface area contributed by atoms with E-state index in [1.165, 1.54) is 0 Å². The summed E-state index contributed by atoms with van der Waals surface area (Å²) in [6.45, 7) is 0.515. The zero-order valence-corrected chi connectivity index (χ0v) is 12.1. The molecular formula is C12H9BrN4OS. The first-order chi connectivity index (χ1) is 9.22. The Balaban J connectivity index is 1.77. The summed E-state index contributed by atoms with van der Waals surface area (Å²) in [6, 6.07) is 5.60. The van der Waals surface area contributed by atoms with Crippen molar-refractivity contribution in [3.05, 3.63) is 51.0 Å². The molecule has 0 radical (unpaired) electrons. The Kier molecular flexibility index (Phi) is 3.31. The van der Waals surface area contributed by atoms with Gasteiger partial charge < -0.3 is 5.32 Å². The molecule has 0 aromatic carbocycles. The highest BCUT2D eigenvalue weighted by molar-refractivity contribution is 9.10. The van der Waals surface area contributed by atoms with Gasteiger partial charge in [0.15, 0.2) is 11.3 Å². The molecule has 0 spiro atoms. The molecule has 0 saturated carbocycles. The van der Waals surface area contributed by atoms with E-state index in [0.717, 1.165) is 9.35 Å². The lowest BCUT2D eigenvalue weighted by Gasteiger charge is -1.99. The summed E-state index contributed by atoms with van der Waals surface area (Å²) < 4.78 is 2.39. The van der Waals surface area contributed by atoms with Crippen LogP contribution >= 0.6 is 27.3 Å². The van der Waals surface area contributed by atoms with Crippen molar-refractivity contribution in [1.29, 1.82) is 0 Å². The van der Waals surface area contributed by atoms with Gasteiger partial charge in [-0.05, 0) is 27.4 Å². The van der Waals surface area contributed by atoms with Crippen LogP contribution in [0.5, 0.6) is 0 Å². The lowest BCUT2D eigenvalue weighted by molar-refractivity contribution is 0.0946. The zero-order valence-electron chi connectivity index (χ0n) is 9.71. The number of carbonyl (C=O) groups excluding carboxylic acids is 1. The summed E-state index contributed by atoms with van der Waals surface area (Å²) in [5.74, 6) is -0.199. The van der Waals surface area contributed by atoms with Crippen LogP contribution in [0.2, 0.25) is 0 Å². The van der Waals surface area contributed by atoms with E-state index in [9.17, 15) is 4.79 Å². The summed E-state index contributed by atoms with van der Waals surface area (Å²) in [4.78, 5) is 17.3.